The molecule has 0 fully saturated rings. The Kier molecular flexibility index (Phi) is 3.06. The molecule has 0 aliphatic carbocycles. The molecule has 0 saturated carbocycles. The third-order valence-corrected chi connectivity index (χ3v) is 3.32. The van der Waals surface area contributed by atoms with Crippen LogP contribution in [0.5, 0.6) is 5.75 Å². The molecule has 0 aliphatic rings. The molecule has 2 N–H and O–H groups in total. The summed E-state index contributed by atoms with van der Waals surface area (Å²) in [5.74, 6) is 0.505. The van der Waals surface area contributed by atoms with Crippen molar-refractivity contribution in [3.05, 3.63) is 28.6 Å². The van der Waals surface area contributed by atoms with E-state index in [9.17, 15) is 4.39 Å². The van der Waals surface area contributed by atoms with Gasteiger partial charge in [0, 0.05) is 24.2 Å². The largest absolute Gasteiger partial charge is 0.495 e. The topological polar surface area (TPSA) is 53.1 Å². The number of anilines is 1. The molecular weight excluding hydrogens is 289 g/mol. The maximum atomic E-state index is 13.4. The van der Waals surface area contributed by atoms with Crippen molar-refractivity contribution in [2.75, 3.05) is 12.8 Å². The van der Waals surface area contributed by atoms with Gasteiger partial charge in [-0.2, -0.15) is 5.10 Å². The van der Waals surface area contributed by atoms with Crippen molar-refractivity contribution in [1.29, 1.82) is 0 Å². The van der Waals surface area contributed by atoms with Gasteiger partial charge in [-0.1, -0.05) is 0 Å². The molecule has 4 nitrogen and oxygen atoms in total. The molecule has 2 rings (SSSR count). The van der Waals surface area contributed by atoms with Gasteiger partial charge in [0.1, 0.15) is 17.4 Å². The Balaban J connectivity index is 2.67. The number of hydrogen-bond donors (Lipinski definition) is 1. The van der Waals surface area contributed by atoms with Crippen LogP contribution in [0, 0.1) is 5.82 Å². The van der Waals surface area contributed by atoms with Crippen LogP contribution >= 0.6 is 15.9 Å². The number of methoxy groups -OCH3 is 1. The van der Waals surface area contributed by atoms with E-state index in [2.05, 4.69) is 21.0 Å². The zero-order chi connectivity index (χ0) is 12.6. The third kappa shape index (κ3) is 2.00. The highest BCUT2D eigenvalue weighted by atomic mass is 79.9. The average molecular weight is 300 g/mol. The SMILES string of the molecule is COc1cc(F)cc(-c2cnn(C)c2N)c1Br. The second-order valence-corrected chi connectivity index (χ2v) is 4.33. The van der Waals surface area contributed by atoms with E-state index < -0.39 is 0 Å². The summed E-state index contributed by atoms with van der Waals surface area (Å²) in [5, 5.41) is 4.03. The lowest BCUT2D eigenvalue weighted by Crippen LogP contribution is -1.98. The zero-order valence-corrected chi connectivity index (χ0v) is 11.0. The number of halogens is 2. The first-order valence-corrected chi connectivity index (χ1v) is 5.64. The van der Waals surface area contributed by atoms with Gasteiger partial charge >= 0.3 is 0 Å². The fourth-order valence-electron chi connectivity index (χ4n) is 1.56. The van der Waals surface area contributed by atoms with Crippen molar-refractivity contribution >= 4 is 21.7 Å². The third-order valence-electron chi connectivity index (χ3n) is 2.50. The van der Waals surface area contributed by atoms with Crippen LogP contribution in [0.2, 0.25) is 0 Å². The molecule has 0 unspecified atom stereocenters. The number of nitrogens with zero attached hydrogens (tertiary/aromatic N) is 2. The number of ether oxygens (including phenoxy) is 1. The summed E-state index contributed by atoms with van der Waals surface area (Å²) in [6.07, 6.45) is 1.59. The number of nitrogen functional groups attached to an aromatic ring is 1. The van der Waals surface area contributed by atoms with Crippen LogP contribution in [0.15, 0.2) is 22.8 Å². The Hall–Kier alpha value is -1.56. The lowest BCUT2D eigenvalue weighted by atomic mass is 10.1. The van der Waals surface area contributed by atoms with E-state index in [-0.39, 0.29) is 5.82 Å². The molecule has 2 aromatic rings. The van der Waals surface area contributed by atoms with Crippen molar-refractivity contribution in [3.63, 3.8) is 0 Å². The lowest BCUT2D eigenvalue weighted by molar-refractivity contribution is 0.409. The Morgan fingerprint density at radius 3 is 2.65 bits per heavy atom. The second-order valence-electron chi connectivity index (χ2n) is 3.54. The van der Waals surface area contributed by atoms with E-state index in [1.54, 1.807) is 13.2 Å². The highest BCUT2D eigenvalue weighted by molar-refractivity contribution is 9.10. The summed E-state index contributed by atoms with van der Waals surface area (Å²) in [6.45, 7) is 0. The van der Waals surface area contributed by atoms with Gasteiger partial charge in [-0.05, 0) is 22.0 Å². The van der Waals surface area contributed by atoms with Gasteiger partial charge in [0.25, 0.3) is 0 Å². The molecule has 0 saturated heterocycles. The summed E-state index contributed by atoms with van der Waals surface area (Å²) in [4.78, 5) is 0. The van der Waals surface area contributed by atoms with Gasteiger partial charge in [-0.3, -0.25) is 4.68 Å². The number of hydrogen-bond acceptors (Lipinski definition) is 3. The summed E-state index contributed by atoms with van der Waals surface area (Å²) in [5.41, 5.74) is 7.14. The van der Waals surface area contributed by atoms with Gasteiger partial charge in [-0.25, -0.2) is 4.39 Å². The molecule has 0 amide bonds. The van der Waals surface area contributed by atoms with Crippen LogP contribution in [-0.4, -0.2) is 16.9 Å². The molecule has 1 aromatic heterocycles. The van der Waals surface area contributed by atoms with Gasteiger partial charge in [0.2, 0.25) is 0 Å². The summed E-state index contributed by atoms with van der Waals surface area (Å²) in [6, 6.07) is 2.69. The number of benzene rings is 1. The Bertz CT molecular complexity index is 568. The highest BCUT2D eigenvalue weighted by Gasteiger charge is 2.15. The van der Waals surface area contributed by atoms with E-state index in [1.807, 2.05) is 0 Å². The number of aromatic nitrogens is 2. The standard InChI is InChI=1S/C11H11BrFN3O/c1-16-11(14)8(5-15-16)7-3-6(13)4-9(17-2)10(7)12/h3-5H,14H2,1-2H3. The molecule has 1 aromatic carbocycles. The molecule has 6 heteroatoms. The Morgan fingerprint density at radius 1 is 1.41 bits per heavy atom. The molecule has 90 valence electrons. The lowest BCUT2D eigenvalue weighted by Gasteiger charge is -2.09. The molecule has 0 radical (unpaired) electrons. The summed E-state index contributed by atoms with van der Waals surface area (Å²) >= 11 is 3.37. The molecule has 0 aliphatic heterocycles. The van der Waals surface area contributed by atoms with Crippen LogP contribution < -0.4 is 10.5 Å². The summed E-state index contributed by atoms with van der Waals surface area (Å²) < 4.78 is 20.7. The van der Waals surface area contributed by atoms with E-state index in [0.29, 0.717) is 27.2 Å². The molecule has 17 heavy (non-hydrogen) atoms. The first-order chi connectivity index (χ1) is 8.04. The molecule has 0 spiro atoms. The van der Waals surface area contributed by atoms with Gasteiger partial charge in [-0.15, -0.1) is 0 Å². The number of rotatable bonds is 2. The van der Waals surface area contributed by atoms with Crippen molar-refractivity contribution < 1.29 is 9.13 Å². The van der Waals surface area contributed by atoms with Crippen molar-refractivity contribution in [3.8, 4) is 16.9 Å². The first-order valence-electron chi connectivity index (χ1n) is 4.85. The normalized spacial score (nSPS) is 10.6. The van der Waals surface area contributed by atoms with Crippen LogP contribution in [0.25, 0.3) is 11.1 Å². The van der Waals surface area contributed by atoms with E-state index in [4.69, 9.17) is 10.5 Å². The van der Waals surface area contributed by atoms with Crippen LogP contribution in [0.3, 0.4) is 0 Å². The van der Waals surface area contributed by atoms with Crippen LogP contribution in [0.4, 0.5) is 10.2 Å². The van der Waals surface area contributed by atoms with Gasteiger partial charge in [0.05, 0.1) is 17.8 Å². The molecule has 0 atom stereocenters. The Labute approximate surface area is 106 Å². The quantitative estimate of drug-likeness (QED) is 0.927. The van der Waals surface area contributed by atoms with Crippen molar-refractivity contribution in [2.24, 2.45) is 7.05 Å². The Morgan fingerprint density at radius 2 is 2.12 bits per heavy atom. The molecule has 0 bridgehead atoms. The number of aryl methyl sites for hydroxylation is 1. The van der Waals surface area contributed by atoms with Crippen molar-refractivity contribution in [2.45, 2.75) is 0 Å². The van der Waals surface area contributed by atoms with Gasteiger partial charge in [0.15, 0.2) is 0 Å². The minimum atomic E-state index is -0.386. The fourth-order valence-corrected chi connectivity index (χ4v) is 2.17. The monoisotopic (exact) mass is 299 g/mol. The predicted octanol–water partition coefficient (Wildman–Crippen LogP) is 2.58. The minimum Gasteiger partial charge on any atom is -0.495 e. The fraction of sp³-hybridized carbons (Fsp3) is 0.182. The van der Waals surface area contributed by atoms with E-state index in [1.165, 1.54) is 23.9 Å². The van der Waals surface area contributed by atoms with E-state index in [0.717, 1.165) is 0 Å². The summed E-state index contributed by atoms with van der Waals surface area (Å²) in [7, 11) is 3.21. The predicted molar refractivity (Wildman–Crippen MR) is 67.3 cm³/mol. The molecule has 1 heterocycles. The smallest absolute Gasteiger partial charge is 0.136 e. The highest BCUT2D eigenvalue weighted by Crippen LogP contribution is 2.38. The zero-order valence-electron chi connectivity index (χ0n) is 9.37. The van der Waals surface area contributed by atoms with E-state index >= 15 is 0 Å². The minimum absolute atomic E-state index is 0.386. The van der Waals surface area contributed by atoms with Crippen molar-refractivity contribution in [1.82, 2.24) is 9.78 Å². The second kappa shape index (κ2) is 4.37. The maximum Gasteiger partial charge on any atom is 0.136 e. The first kappa shape index (κ1) is 11.9. The maximum absolute atomic E-state index is 13.4. The number of nitrogens with two attached hydrogens (primary N) is 1. The van der Waals surface area contributed by atoms with Gasteiger partial charge < -0.3 is 10.5 Å². The van der Waals surface area contributed by atoms with Crippen LogP contribution in [-0.2, 0) is 7.05 Å². The molecular formula is C11H11BrFN3O. The average Bonchev–Trinajstić information content (AvgIpc) is 2.63. The van der Waals surface area contributed by atoms with Crippen LogP contribution in [0.1, 0.15) is 0 Å².